The molecule has 0 aliphatic rings. The monoisotopic (exact) mass is 234 g/mol. The summed E-state index contributed by atoms with van der Waals surface area (Å²) in [6.07, 6.45) is 9.45. The highest BCUT2D eigenvalue weighted by molar-refractivity contribution is 7.07. The van der Waals surface area contributed by atoms with Crippen LogP contribution in [-0.4, -0.2) is 0 Å². The fraction of sp³-hybridized carbons (Fsp3) is 0.467. The number of allylic oxidation sites excluding steroid dienone is 4. The summed E-state index contributed by atoms with van der Waals surface area (Å²) in [5.74, 6) is 0. The summed E-state index contributed by atoms with van der Waals surface area (Å²) in [6.45, 7) is 6.57. The Labute approximate surface area is 104 Å². The molecule has 0 aromatic carbocycles. The predicted octanol–water partition coefficient (Wildman–Crippen LogP) is 5.37. The molecule has 0 atom stereocenters. The zero-order chi connectivity index (χ0) is 11.8. The summed E-state index contributed by atoms with van der Waals surface area (Å²) >= 11 is 1.79. The van der Waals surface area contributed by atoms with Crippen molar-refractivity contribution in [2.24, 2.45) is 0 Å². The molecule has 1 aromatic rings. The van der Waals surface area contributed by atoms with Gasteiger partial charge in [-0.1, -0.05) is 23.3 Å². The highest BCUT2D eigenvalue weighted by Crippen LogP contribution is 2.12. The van der Waals surface area contributed by atoms with Gasteiger partial charge >= 0.3 is 0 Å². The smallest absolute Gasteiger partial charge is 0.00611 e. The predicted molar refractivity (Wildman–Crippen MR) is 75.1 cm³/mol. The maximum atomic E-state index is 2.39. The normalized spacial score (nSPS) is 11.6. The fourth-order valence-corrected chi connectivity index (χ4v) is 2.31. The molecule has 0 aliphatic heterocycles. The molecule has 0 unspecified atom stereocenters. The average Bonchev–Trinajstić information content (AvgIpc) is 2.70. The lowest BCUT2D eigenvalue weighted by atomic mass is 10.1. The Bertz CT molecular complexity index is 338. The molecule has 1 heterocycles. The Morgan fingerprint density at radius 1 is 1.19 bits per heavy atom. The Hall–Kier alpha value is -0.820. The van der Waals surface area contributed by atoms with Crippen LogP contribution in [0.5, 0.6) is 0 Å². The number of rotatable bonds is 6. The third-order valence-electron chi connectivity index (χ3n) is 2.60. The quantitative estimate of drug-likeness (QED) is 0.580. The molecule has 0 saturated carbocycles. The van der Waals surface area contributed by atoms with Gasteiger partial charge in [-0.2, -0.15) is 11.3 Å². The third-order valence-corrected chi connectivity index (χ3v) is 3.33. The van der Waals surface area contributed by atoms with Crippen molar-refractivity contribution in [3.05, 3.63) is 45.7 Å². The van der Waals surface area contributed by atoms with Gasteiger partial charge in [0.1, 0.15) is 0 Å². The van der Waals surface area contributed by atoms with Crippen LogP contribution in [0.4, 0.5) is 0 Å². The summed E-state index contributed by atoms with van der Waals surface area (Å²) in [5, 5.41) is 4.40. The number of aryl methyl sites for hydroxylation is 1. The standard InChI is InChI=1S/C15H22S/c1-13(2)6-4-7-14(3)8-5-9-15-10-11-16-12-15/h6,8,10-12H,4-5,7,9H2,1-3H3. The van der Waals surface area contributed by atoms with Crippen molar-refractivity contribution < 1.29 is 0 Å². The molecule has 1 aromatic heterocycles. The van der Waals surface area contributed by atoms with Gasteiger partial charge in [-0.3, -0.25) is 0 Å². The van der Waals surface area contributed by atoms with Crippen molar-refractivity contribution in [2.45, 2.75) is 46.5 Å². The van der Waals surface area contributed by atoms with Crippen LogP contribution in [0.1, 0.15) is 45.6 Å². The van der Waals surface area contributed by atoms with Gasteiger partial charge in [0.05, 0.1) is 0 Å². The summed E-state index contributed by atoms with van der Waals surface area (Å²) in [7, 11) is 0. The van der Waals surface area contributed by atoms with Crippen LogP contribution in [0.15, 0.2) is 40.1 Å². The highest BCUT2D eigenvalue weighted by atomic mass is 32.1. The van der Waals surface area contributed by atoms with Crippen molar-refractivity contribution in [2.75, 3.05) is 0 Å². The molecule has 0 radical (unpaired) electrons. The van der Waals surface area contributed by atoms with Crippen LogP contribution in [0.25, 0.3) is 0 Å². The van der Waals surface area contributed by atoms with Gasteiger partial charge in [0.25, 0.3) is 0 Å². The van der Waals surface area contributed by atoms with E-state index < -0.39 is 0 Å². The van der Waals surface area contributed by atoms with Gasteiger partial charge in [0.2, 0.25) is 0 Å². The van der Waals surface area contributed by atoms with Gasteiger partial charge in [0, 0.05) is 0 Å². The molecule has 0 N–H and O–H groups in total. The lowest BCUT2D eigenvalue weighted by Gasteiger charge is -1.99. The molecule has 88 valence electrons. The van der Waals surface area contributed by atoms with E-state index in [-0.39, 0.29) is 0 Å². The maximum absolute atomic E-state index is 2.39. The van der Waals surface area contributed by atoms with E-state index in [1.54, 1.807) is 11.3 Å². The first-order valence-corrected chi connectivity index (χ1v) is 6.93. The maximum Gasteiger partial charge on any atom is -0.00611 e. The molecule has 0 saturated heterocycles. The SMILES string of the molecule is CC(C)=CCCC(C)=CCCc1ccsc1. The molecule has 0 bridgehead atoms. The molecule has 1 rings (SSSR count). The second-order valence-corrected chi connectivity index (χ2v) is 5.32. The molecule has 0 nitrogen and oxygen atoms in total. The van der Waals surface area contributed by atoms with E-state index in [0.29, 0.717) is 0 Å². The second kappa shape index (κ2) is 7.45. The van der Waals surface area contributed by atoms with E-state index in [1.165, 1.54) is 42.4 Å². The van der Waals surface area contributed by atoms with Crippen LogP contribution < -0.4 is 0 Å². The minimum absolute atomic E-state index is 1.18. The summed E-state index contributed by atoms with van der Waals surface area (Å²) < 4.78 is 0. The third kappa shape index (κ3) is 5.92. The Kier molecular flexibility index (Phi) is 6.17. The van der Waals surface area contributed by atoms with Crippen molar-refractivity contribution in [1.82, 2.24) is 0 Å². The van der Waals surface area contributed by atoms with Gasteiger partial charge in [-0.25, -0.2) is 0 Å². The van der Waals surface area contributed by atoms with Crippen molar-refractivity contribution in [3.63, 3.8) is 0 Å². The van der Waals surface area contributed by atoms with Gasteiger partial charge in [0.15, 0.2) is 0 Å². The first kappa shape index (κ1) is 13.2. The van der Waals surface area contributed by atoms with Crippen LogP contribution in [0, 0.1) is 0 Å². The number of thiophene rings is 1. The Morgan fingerprint density at radius 2 is 2.00 bits per heavy atom. The van der Waals surface area contributed by atoms with Crippen molar-refractivity contribution >= 4 is 11.3 Å². The molecular formula is C15H22S. The molecule has 1 heteroatoms. The van der Waals surface area contributed by atoms with E-state index in [0.717, 1.165) is 0 Å². The van der Waals surface area contributed by atoms with Gasteiger partial charge < -0.3 is 0 Å². The largest absolute Gasteiger partial charge is 0.152 e. The summed E-state index contributed by atoms with van der Waals surface area (Å²) in [6, 6.07) is 2.22. The van der Waals surface area contributed by atoms with Crippen LogP contribution in [-0.2, 0) is 6.42 Å². The van der Waals surface area contributed by atoms with Crippen LogP contribution in [0.3, 0.4) is 0 Å². The van der Waals surface area contributed by atoms with Gasteiger partial charge in [-0.15, -0.1) is 0 Å². The molecule has 0 spiro atoms. The minimum Gasteiger partial charge on any atom is -0.152 e. The van der Waals surface area contributed by atoms with Crippen molar-refractivity contribution in [3.8, 4) is 0 Å². The first-order chi connectivity index (χ1) is 7.68. The zero-order valence-electron chi connectivity index (χ0n) is 10.6. The lowest BCUT2D eigenvalue weighted by molar-refractivity contribution is 0.927. The van der Waals surface area contributed by atoms with Crippen LogP contribution in [0.2, 0.25) is 0 Å². The topological polar surface area (TPSA) is 0 Å². The summed E-state index contributed by atoms with van der Waals surface area (Å²) in [5.41, 5.74) is 4.41. The fourth-order valence-electron chi connectivity index (χ4n) is 1.61. The Balaban J connectivity index is 2.21. The second-order valence-electron chi connectivity index (χ2n) is 4.54. The molecule has 0 fully saturated rings. The van der Waals surface area contributed by atoms with E-state index >= 15 is 0 Å². The van der Waals surface area contributed by atoms with Gasteiger partial charge in [-0.05, 0) is 68.8 Å². The molecular weight excluding hydrogens is 212 g/mol. The lowest BCUT2D eigenvalue weighted by Crippen LogP contribution is -1.81. The number of hydrogen-bond donors (Lipinski definition) is 0. The van der Waals surface area contributed by atoms with Crippen LogP contribution >= 0.6 is 11.3 Å². The zero-order valence-corrected chi connectivity index (χ0v) is 11.4. The molecule has 0 aliphatic carbocycles. The first-order valence-electron chi connectivity index (χ1n) is 5.98. The van der Waals surface area contributed by atoms with E-state index in [1.807, 2.05) is 0 Å². The Morgan fingerprint density at radius 3 is 2.62 bits per heavy atom. The highest BCUT2D eigenvalue weighted by Gasteiger charge is 1.92. The number of hydrogen-bond acceptors (Lipinski definition) is 1. The van der Waals surface area contributed by atoms with E-state index in [4.69, 9.17) is 0 Å². The molecule has 16 heavy (non-hydrogen) atoms. The average molecular weight is 234 g/mol. The molecule has 0 amide bonds. The summed E-state index contributed by atoms with van der Waals surface area (Å²) in [4.78, 5) is 0. The minimum atomic E-state index is 1.18. The van der Waals surface area contributed by atoms with E-state index in [9.17, 15) is 0 Å². The van der Waals surface area contributed by atoms with Crippen molar-refractivity contribution in [1.29, 1.82) is 0 Å². The van der Waals surface area contributed by atoms with E-state index in [2.05, 4.69) is 49.7 Å².